The molecule has 0 aromatic heterocycles. The van der Waals surface area contributed by atoms with E-state index in [9.17, 15) is 9.50 Å². The number of nitrogens with two attached hydrogens (primary N) is 1. The van der Waals surface area contributed by atoms with Crippen LogP contribution in [-0.4, -0.2) is 42.4 Å². The topological polar surface area (TPSA) is 68.0 Å². The zero-order valence-corrected chi connectivity index (χ0v) is 24.3. The van der Waals surface area contributed by atoms with E-state index in [0.717, 1.165) is 77.3 Å². The Balaban J connectivity index is 1.45. The van der Waals surface area contributed by atoms with Crippen LogP contribution >= 0.6 is 0 Å². The first-order chi connectivity index (χ1) is 19.9. The number of likely N-dealkylation sites (tertiary alicyclic amines) is 1. The largest absolute Gasteiger partial charge is 0.508 e. The number of allylic oxidation sites excluding steroid dienone is 2. The number of nitrogens with zero attached hydrogens (tertiary/aromatic N) is 1. The summed E-state index contributed by atoms with van der Waals surface area (Å²) in [6.07, 6.45) is 6.73. The third kappa shape index (κ3) is 6.28. The van der Waals surface area contributed by atoms with E-state index >= 15 is 0 Å². The first kappa shape index (κ1) is 28.7. The molecule has 0 radical (unpaired) electrons. The lowest BCUT2D eigenvalue weighted by molar-refractivity contribution is 0.165. The minimum Gasteiger partial charge on any atom is -0.508 e. The molecule has 1 saturated heterocycles. The summed E-state index contributed by atoms with van der Waals surface area (Å²) in [7, 11) is 0. The first-order valence-corrected chi connectivity index (χ1v) is 14.7. The van der Waals surface area contributed by atoms with Gasteiger partial charge in [0.2, 0.25) is 0 Å². The lowest BCUT2D eigenvalue weighted by atomic mass is 9.85. The number of hydrogen-bond donors (Lipinski definition) is 2. The Hall–Kier alpha value is -3.77. The van der Waals surface area contributed by atoms with Crippen molar-refractivity contribution >= 4 is 22.9 Å². The van der Waals surface area contributed by atoms with Crippen LogP contribution in [0.25, 0.3) is 17.2 Å². The van der Waals surface area contributed by atoms with E-state index in [1.54, 1.807) is 12.1 Å². The van der Waals surface area contributed by atoms with Gasteiger partial charge in [-0.15, -0.1) is 0 Å². The predicted octanol–water partition coefficient (Wildman–Crippen LogP) is 7.91. The molecule has 216 valence electrons. The van der Waals surface area contributed by atoms with Crippen LogP contribution in [0.4, 0.5) is 10.1 Å². The highest BCUT2D eigenvalue weighted by Crippen LogP contribution is 2.49. The van der Waals surface area contributed by atoms with Crippen molar-refractivity contribution in [3.8, 4) is 17.2 Å². The smallest absolute Gasteiger partial charge is 0.150 e. The number of benzene rings is 3. The van der Waals surface area contributed by atoms with Crippen molar-refractivity contribution in [2.24, 2.45) is 5.92 Å². The number of ether oxygens (including phenoxy) is 2. The summed E-state index contributed by atoms with van der Waals surface area (Å²) in [5.41, 5.74) is 13.0. The van der Waals surface area contributed by atoms with Gasteiger partial charge in [0, 0.05) is 40.9 Å². The summed E-state index contributed by atoms with van der Waals surface area (Å²) >= 11 is 0. The molecule has 5 rings (SSSR count). The summed E-state index contributed by atoms with van der Waals surface area (Å²) in [5, 5.41) is 10.3. The van der Waals surface area contributed by atoms with Crippen LogP contribution < -0.4 is 15.2 Å². The Morgan fingerprint density at radius 2 is 1.98 bits per heavy atom. The van der Waals surface area contributed by atoms with Gasteiger partial charge >= 0.3 is 0 Å². The lowest BCUT2D eigenvalue weighted by Gasteiger charge is -2.32. The van der Waals surface area contributed by atoms with Crippen LogP contribution in [0.2, 0.25) is 0 Å². The summed E-state index contributed by atoms with van der Waals surface area (Å²) in [6.45, 7) is 8.40. The van der Waals surface area contributed by atoms with Gasteiger partial charge in [0.1, 0.15) is 30.0 Å². The maximum absolute atomic E-state index is 13.1. The second kappa shape index (κ2) is 12.8. The number of anilines is 1. The van der Waals surface area contributed by atoms with Crippen molar-refractivity contribution in [3.63, 3.8) is 0 Å². The average Bonchev–Trinajstić information content (AvgIpc) is 3.47. The number of phenolic OH excluding ortho intramolecular Hbond substituents is 1. The van der Waals surface area contributed by atoms with Gasteiger partial charge in [-0.05, 0) is 86.3 Å². The van der Waals surface area contributed by atoms with Crippen molar-refractivity contribution in [1.82, 2.24) is 4.90 Å². The fourth-order valence-corrected chi connectivity index (χ4v) is 5.82. The van der Waals surface area contributed by atoms with Crippen LogP contribution in [0.1, 0.15) is 68.4 Å². The number of unbranched alkanes of at least 4 members (excludes halogenated alkanes) is 1. The van der Waals surface area contributed by atoms with Gasteiger partial charge in [0.15, 0.2) is 0 Å². The number of phenols is 1. The van der Waals surface area contributed by atoms with Crippen molar-refractivity contribution < 1.29 is 19.0 Å². The monoisotopic (exact) mass is 556 g/mol. The number of rotatable bonds is 10. The van der Waals surface area contributed by atoms with Crippen molar-refractivity contribution in [2.75, 3.05) is 32.1 Å². The van der Waals surface area contributed by atoms with Gasteiger partial charge in [0.05, 0.1) is 6.67 Å². The van der Waals surface area contributed by atoms with Gasteiger partial charge in [0.25, 0.3) is 0 Å². The number of aromatic hydroxyl groups is 1. The van der Waals surface area contributed by atoms with E-state index in [4.69, 9.17) is 15.2 Å². The second-order valence-electron chi connectivity index (χ2n) is 11.3. The maximum atomic E-state index is 13.1. The molecule has 3 aromatic carbocycles. The Labute approximate surface area is 243 Å². The molecular weight excluding hydrogens is 515 g/mol. The molecule has 41 heavy (non-hydrogen) atoms. The molecule has 5 nitrogen and oxygen atoms in total. The molecule has 3 aromatic rings. The summed E-state index contributed by atoms with van der Waals surface area (Å²) in [4.78, 5) is 2.30. The molecule has 2 aliphatic heterocycles. The third-order valence-corrected chi connectivity index (χ3v) is 8.27. The molecule has 3 N–H and O–H groups in total. The Bertz CT molecular complexity index is 1420. The number of fused-ring (bicyclic) bond motifs is 1. The molecule has 0 saturated carbocycles. The molecule has 0 aliphatic carbocycles. The SMILES string of the molecule is CCC/C=C/c1c(N)ccc2c1OC(c1ccc(OCC(C)N3CCC(CF)C3)cc1)C(c1cccc(O)c1)=C2C. The number of alkyl halides is 1. The molecule has 0 bridgehead atoms. The van der Waals surface area contributed by atoms with E-state index in [0.29, 0.717) is 12.3 Å². The fraction of sp³-hybridized carbons (Fsp3) is 0.371. The quantitative estimate of drug-likeness (QED) is 0.248. The van der Waals surface area contributed by atoms with Gasteiger partial charge in [-0.2, -0.15) is 0 Å². The number of nitrogen functional groups attached to an aromatic ring is 1. The average molecular weight is 557 g/mol. The summed E-state index contributed by atoms with van der Waals surface area (Å²) < 4.78 is 26.0. The van der Waals surface area contributed by atoms with Crippen LogP contribution in [0.15, 0.2) is 66.7 Å². The van der Waals surface area contributed by atoms with Crippen molar-refractivity contribution in [1.29, 1.82) is 0 Å². The molecule has 3 unspecified atom stereocenters. The van der Waals surface area contributed by atoms with E-state index < -0.39 is 6.10 Å². The Morgan fingerprint density at radius 3 is 2.68 bits per heavy atom. The highest BCUT2D eigenvalue weighted by Gasteiger charge is 2.31. The van der Waals surface area contributed by atoms with Crippen LogP contribution in [0, 0.1) is 5.92 Å². The number of halogens is 1. The van der Waals surface area contributed by atoms with Gasteiger partial charge in [-0.25, -0.2) is 0 Å². The highest BCUT2D eigenvalue weighted by molar-refractivity contribution is 5.97. The molecule has 0 amide bonds. The maximum Gasteiger partial charge on any atom is 0.150 e. The van der Waals surface area contributed by atoms with E-state index in [-0.39, 0.29) is 24.4 Å². The second-order valence-corrected chi connectivity index (χ2v) is 11.3. The predicted molar refractivity (Wildman–Crippen MR) is 166 cm³/mol. The third-order valence-electron chi connectivity index (χ3n) is 8.27. The molecule has 2 aliphatic rings. The minimum absolute atomic E-state index is 0.146. The zero-order chi connectivity index (χ0) is 28.9. The summed E-state index contributed by atoms with van der Waals surface area (Å²) in [6, 6.07) is 19.5. The van der Waals surface area contributed by atoms with Crippen molar-refractivity contribution in [3.05, 3.63) is 89.0 Å². The standard InChI is InChI=1S/C35H41FN2O3/c1-4-5-6-10-31-32(37)16-15-30-24(3)33(27-8-7-9-28(39)19-27)34(41-35(30)31)26-11-13-29(14-12-26)40-22-23(2)38-18-17-25(20-36)21-38/h6-16,19,23,25,34,39H,4-5,17-18,20-22,37H2,1-3H3/b10-6+. The Morgan fingerprint density at radius 1 is 1.17 bits per heavy atom. The molecule has 6 heteroatoms. The minimum atomic E-state index is -0.403. The van der Waals surface area contributed by atoms with Gasteiger partial charge in [-0.1, -0.05) is 49.8 Å². The van der Waals surface area contributed by atoms with Crippen LogP contribution in [-0.2, 0) is 0 Å². The van der Waals surface area contributed by atoms with Crippen LogP contribution in [0.3, 0.4) is 0 Å². The van der Waals surface area contributed by atoms with Gasteiger partial charge < -0.3 is 20.3 Å². The van der Waals surface area contributed by atoms with Gasteiger partial charge in [-0.3, -0.25) is 9.29 Å². The van der Waals surface area contributed by atoms with Crippen LogP contribution in [0.5, 0.6) is 17.2 Å². The zero-order valence-electron chi connectivity index (χ0n) is 24.3. The lowest BCUT2D eigenvalue weighted by Crippen LogP contribution is -2.35. The Kier molecular flexibility index (Phi) is 8.99. The molecule has 2 heterocycles. The first-order valence-electron chi connectivity index (χ1n) is 14.7. The van der Waals surface area contributed by atoms with Crippen molar-refractivity contribution in [2.45, 2.75) is 52.2 Å². The summed E-state index contributed by atoms with van der Waals surface area (Å²) in [5.74, 6) is 1.91. The fourth-order valence-electron chi connectivity index (χ4n) is 5.82. The molecule has 0 spiro atoms. The van der Waals surface area contributed by atoms with E-state index in [2.05, 4.69) is 37.8 Å². The van der Waals surface area contributed by atoms with E-state index in [1.165, 1.54) is 0 Å². The highest BCUT2D eigenvalue weighted by atomic mass is 19.1. The van der Waals surface area contributed by atoms with E-state index in [1.807, 2.05) is 48.5 Å². The molecular formula is C35H41FN2O3. The normalized spacial score (nSPS) is 19.8. The molecule has 3 atom stereocenters. The number of hydrogen-bond acceptors (Lipinski definition) is 5. The molecule has 1 fully saturated rings.